The first-order chi connectivity index (χ1) is 7.67. The highest BCUT2D eigenvalue weighted by atomic mass is 16.3. The van der Waals surface area contributed by atoms with Crippen molar-refractivity contribution < 1.29 is 10.2 Å². The Morgan fingerprint density at radius 3 is 2.81 bits per heavy atom. The van der Waals surface area contributed by atoms with Crippen LogP contribution in [0.5, 0.6) is 0 Å². The first kappa shape index (κ1) is 11.6. The lowest BCUT2D eigenvalue weighted by Crippen LogP contribution is -2.34. The van der Waals surface area contributed by atoms with E-state index in [1.54, 1.807) is 6.20 Å². The van der Waals surface area contributed by atoms with Crippen LogP contribution in [0, 0.1) is 0 Å². The minimum atomic E-state index is -0.961. The summed E-state index contributed by atoms with van der Waals surface area (Å²) >= 11 is 0. The highest BCUT2D eigenvalue weighted by Crippen LogP contribution is 2.39. The Morgan fingerprint density at radius 2 is 2.19 bits per heavy atom. The Labute approximate surface area is 95.9 Å². The molecule has 1 saturated carbocycles. The molecule has 0 aliphatic heterocycles. The number of hydrogen-bond donors (Lipinski definition) is 2. The lowest BCUT2D eigenvalue weighted by molar-refractivity contribution is -0.0772. The molecule has 1 atom stereocenters. The second-order valence-electron chi connectivity index (χ2n) is 4.69. The number of aliphatic hydroxyl groups is 2. The van der Waals surface area contributed by atoms with Gasteiger partial charge in [-0.2, -0.15) is 0 Å². The van der Waals surface area contributed by atoms with E-state index in [0.29, 0.717) is 18.7 Å². The molecule has 0 spiro atoms. The number of aliphatic hydroxyl groups excluding tert-OH is 1. The second kappa shape index (κ2) is 4.55. The number of rotatable bonds is 4. The van der Waals surface area contributed by atoms with Crippen molar-refractivity contribution in [2.24, 2.45) is 0 Å². The van der Waals surface area contributed by atoms with Gasteiger partial charge in [0.15, 0.2) is 0 Å². The van der Waals surface area contributed by atoms with Gasteiger partial charge in [-0.1, -0.05) is 19.8 Å². The van der Waals surface area contributed by atoms with Gasteiger partial charge in [-0.15, -0.1) is 0 Å². The first-order valence-corrected chi connectivity index (χ1v) is 6.09. The van der Waals surface area contributed by atoms with Crippen LogP contribution < -0.4 is 0 Å². The fourth-order valence-electron chi connectivity index (χ4n) is 2.50. The average Bonchev–Trinajstić information content (AvgIpc) is 2.88. The highest BCUT2D eigenvalue weighted by molar-refractivity contribution is 5.05. The molecule has 2 rings (SSSR count). The van der Waals surface area contributed by atoms with Crippen molar-refractivity contribution in [3.05, 3.63) is 18.2 Å². The van der Waals surface area contributed by atoms with E-state index in [4.69, 9.17) is 0 Å². The van der Waals surface area contributed by atoms with Crippen LogP contribution in [0.3, 0.4) is 0 Å². The fraction of sp³-hybridized carbons (Fsp3) is 0.750. The molecule has 4 nitrogen and oxygen atoms in total. The smallest absolute Gasteiger partial charge is 0.140 e. The second-order valence-corrected chi connectivity index (χ2v) is 4.69. The quantitative estimate of drug-likeness (QED) is 0.817. The van der Waals surface area contributed by atoms with Crippen LogP contribution in [0.2, 0.25) is 0 Å². The predicted octanol–water partition coefficient (Wildman–Crippen LogP) is 1.63. The van der Waals surface area contributed by atoms with Crippen molar-refractivity contribution in [1.82, 2.24) is 9.55 Å². The molecule has 0 bridgehead atoms. The van der Waals surface area contributed by atoms with Crippen LogP contribution in [0.4, 0.5) is 0 Å². The molecule has 0 saturated heterocycles. The first-order valence-electron chi connectivity index (χ1n) is 6.09. The van der Waals surface area contributed by atoms with Gasteiger partial charge in [0.05, 0.1) is 5.60 Å². The topological polar surface area (TPSA) is 58.3 Å². The summed E-state index contributed by atoms with van der Waals surface area (Å²) in [6.45, 7) is 2.92. The normalized spacial score (nSPS) is 21.2. The zero-order valence-electron chi connectivity index (χ0n) is 9.76. The van der Waals surface area contributed by atoms with Crippen LogP contribution in [0.15, 0.2) is 12.4 Å². The predicted molar refractivity (Wildman–Crippen MR) is 60.9 cm³/mol. The van der Waals surface area contributed by atoms with Crippen molar-refractivity contribution in [3.63, 3.8) is 0 Å². The van der Waals surface area contributed by atoms with E-state index in [9.17, 15) is 10.2 Å². The van der Waals surface area contributed by atoms with E-state index < -0.39 is 11.7 Å². The molecule has 1 aliphatic rings. The Kier molecular flexibility index (Phi) is 3.30. The SMILES string of the molecule is CCCn1ccnc1C(O)C1(O)CCCC1. The van der Waals surface area contributed by atoms with Gasteiger partial charge in [0, 0.05) is 18.9 Å². The molecule has 1 heterocycles. The van der Waals surface area contributed by atoms with Gasteiger partial charge in [-0.05, 0) is 19.3 Å². The maximum Gasteiger partial charge on any atom is 0.140 e. The summed E-state index contributed by atoms with van der Waals surface area (Å²) in [6.07, 6.45) is 7.02. The van der Waals surface area contributed by atoms with Crippen LogP contribution in [-0.2, 0) is 6.54 Å². The number of hydrogen-bond acceptors (Lipinski definition) is 3. The van der Waals surface area contributed by atoms with Crippen molar-refractivity contribution >= 4 is 0 Å². The van der Waals surface area contributed by atoms with Crippen molar-refractivity contribution in [2.75, 3.05) is 0 Å². The van der Waals surface area contributed by atoms with Crippen molar-refractivity contribution in [1.29, 1.82) is 0 Å². The highest BCUT2D eigenvalue weighted by Gasteiger charge is 2.41. The van der Waals surface area contributed by atoms with E-state index in [-0.39, 0.29) is 0 Å². The lowest BCUT2D eigenvalue weighted by Gasteiger charge is -2.28. The van der Waals surface area contributed by atoms with Crippen molar-refractivity contribution in [3.8, 4) is 0 Å². The third-order valence-corrected chi connectivity index (χ3v) is 3.44. The standard InChI is InChI=1S/C12H20N2O2/c1-2-8-14-9-7-13-11(14)10(15)12(16)5-3-4-6-12/h7,9-10,15-16H,2-6,8H2,1H3. The van der Waals surface area contributed by atoms with Crippen LogP contribution >= 0.6 is 0 Å². The summed E-state index contributed by atoms with van der Waals surface area (Å²) in [7, 11) is 0. The van der Waals surface area contributed by atoms with E-state index in [1.165, 1.54) is 0 Å². The molecule has 1 aliphatic carbocycles. The van der Waals surface area contributed by atoms with Crippen LogP contribution in [-0.4, -0.2) is 25.4 Å². The molecule has 1 unspecified atom stereocenters. The van der Waals surface area contributed by atoms with Gasteiger partial charge in [0.25, 0.3) is 0 Å². The number of aromatic nitrogens is 2. The summed E-state index contributed by atoms with van der Waals surface area (Å²) in [4.78, 5) is 4.18. The molecule has 1 fully saturated rings. The molecule has 0 aromatic carbocycles. The van der Waals surface area contributed by atoms with E-state index >= 15 is 0 Å². The van der Waals surface area contributed by atoms with Crippen LogP contribution in [0.1, 0.15) is 51.0 Å². The Morgan fingerprint density at radius 1 is 1.50 bits per heavy atom. The zero-order chi connectivity index (χ0) is 11.6. The zero-order valence-corrected chi connectivity index (χ0v) is 9.76. The summed E-state index contributed by atoms with van der Waals surface area (Å²) in [5.41, 5.74) is -0.961. The van der Waals surface area contributed by atoms with E-state index in [1.807, 2.05) is 10.8 Å². The van der Waals surface area contributed by atoms with Gasteiger partial charge in [0.2, 0.25) is 0 Å². The summed E-state index contributed by atoms with van der Waals surface area (Å²) < 4.78 is 1.93. The molecule has 0 amide bonds. The molecule has 16 heavy (non-hydrogen) atoms. The van der Waals surface area contributed by atoms with Gasteiger partial charge < -0.3 is 14.8 Å². The van der Waals surface area contributed by atoms with Gasteiger partial charge in [-0.25, -0.2) is 4.98 Å². The molecule has 90 valence electrons. The van der Waals surface area contributed by atoms with Gasteiger partial charge in [0.1, 0.15) is 11.9 Å². The Hall–Kier alpha value is -0.870. The minimum Gasteiger partial charge on any atom is -0.387 e. The van der Waals surface area contributed by atoms with E-state index in [0.717, 1.165) is 25.8 Å². The molecular weight excluding hydrogens is 204 g/mol. The summed E-state index contributed by atoms with van der Waals surface area (Å²) in [5.74, 6) is 0.603. The Bertz CT molecular complexity index is 343. The van der Waals surface area contributed by atoms with Gasteiger partial charge in [-0.3, -0.25) is 0 Å². The summed E-state index contributed by atoms with van der Waals surface area (Å²) in [6, 6.07) is 0. The molecule has 4 heteroatoms. The number of imidazole rings is 1. The molecular formula is C12H20N2O2. The van der Waals surface area contributed by atoms with Crippen LogP contribution in [0.25, 0.3) is 0 Å². The third kappa shape index (κ3) is 1.99. The maximum atomic E-state index is 10.3. The third-order valence-electron chi connectivity index (χ3n) is 3.44. The largest absolute Gasteiger partial charge is 0.387 e. The maximum absolute atomic E-state index is 10.3. The fourth-order valence-corrected chi connectivity index (χ4v) is 2.50. The molecule has 2 N–H and O–H groups in total. The molecule has 1 aromatic heterocycles. The lowest BCUT2D eigenvalue weighted by atomic mass is 9.94. The average molecular weight is 224 g/mol. The van der Waals surface area contributed by atoms with E-state index in [2.05, 4.69) is 11.9 Å². The van der Waals surface area contributed by atoms with Gasteiger partial charge >= 0.3 is 0 Å². The number of aryl methyl sites for hydroxylation is 1. The minimum absolute atomic E-state index is 0.603. The molecule has 0 radical (unpaired) electrons. The Balaban J connectivity index is 2.19. The van der Waals surface area contributed by atoms with Crippen molar-refractivity contribution in [2.45, 2.75) is 57.3 Å². The monoisotopic (exact) mass is 224 g/mol. The summed E-state index contributed by atoms with van der Waals surface area (Å²) in [5, 5.41) is 20.6. The number of nitrogens with zero attached hydrogens (tertiary/aromatic N) is 2. The molecule has 1 aromatic rings.